The van der Waals surface area contributed by atoms with Gasteiger partial charge in [0.2, 0.25) is 5.13 Å². The molecule has 9 heteroatoms. The first kappa shape index (κ1) is 19.1. The Morgan fingerprint density at radius 2 is 2.07 bits per heavy atom. The van der Waals surface area contributed by atoms with E-state index >= 15 is 0 Å². The molecule has 6 nitrogen and oxygen atoms in total. The van der Waals surface area contributed by atoms with E-state index in [4.69, 9.17) is 28.9 Å². The highest BCUT2D eigenvalue weighted by atomic mass is 35.5. The van der Waals surface area contributed by atoms with Gasteiger partial charge in [-0.3, -0.25) is 5.10 Å². The second-order valence-electron chi connectivity index (χ2n) is 6.62. The van der Waals surface area contributed by atoms with Crippen LogP contribution >= 0.6 is 34.5 Å². The number of aryl methyl sites for hydroxylation is 1. The molecule has 0 fully saturated rings. The number of anilines is 1. The molecule has 144 valence electrons. The van der Waals surface area contributed by atoms with Crippen LogP contribution in [0.25, 0.3) is 21.5 Å². The summed E-state index contributed by atoms with van der Waals surface area (Å²) in [5, 5.41) is 22.8. The van der Waals surface area contributed by atoms with Crippen LogP contribution in [-0.4, -0.2) is 33.0 Å². The Morgan fingerprint density at radius 3 is 2.89 bits per heavy atom. The quantitative estimate of drug-likeness (QED) is 0.411. The fourth-order valence-electron chi connectivity index (χ4n) is 3.03. The molecule has 4 rings (SSSR count). The van der Waals surface area contributed by atoms with Crippen molar-refractivity contribution in [3.8, 4) is 10.6 Å². The molecule has 0 spiro atoms. The molecular formula is C19H18Cl2N6S. The van der Waals surface area contributed by atoms with Crippen molar-refractivity contribution in [3.05, 3.63) is 57.7 Å². The Hall–Kier alpha value is -2.19. The topological polar surface area (TPSA) is 92.5 Å². The van der Waals surface area contributed by atoms with Crippen molar-refractivity contribution in [1.29, 1.82) is 0 Å². The number of hydrogen-bond donors (Lipinski definition) is 3. The third-order valence-electron chi connectivity index (χ3n) is 4.43. The lowest BCUT2D eigenvalue weighted by Gasteiger charge is -2.13. The van der Waals surface area contributed by atoms with Crippen molar-refractivity contribution in [2.24, 2.45) is 5.73 Å². The highest BCUT2D eigenvalue weighted by Gasteiger charge is 2.12. The summed E-state index contributed by atoms with van der Waals surface area (Å²) in [6.07, 6.45) is 2.46. The molecule has 2 heterocycles. The van der Waals surface area contributed by atoms with Gasteiger partial charge < -0.3 is 11.1 Å². The monoisotopic (exact) mass is 432 g/mol. The Labute approximate surface area is 176 Å². The number of nitrogens with one attached hydrogen (secondary N) is 2. The Kier molecular flexibility index (Phi) is 5.50. The van der Waals surface area contributed by atoms with Crippen molar-refractivity contribution in [2.45, 2.75) is 19.4 Å². The Bertz CT molecular complexity index is 1120. The fourth-order valence-corrected chi connectivity index (χ4v) is 4.25. The van der Waals surface area contributed by atoms with Crippen LogP contribution < -0.4 is 11.1 Å². The summed E-state index contributed by atoms with van der Waals surface area (Å²) in [5.41, 5.74) is 10.4. The maximum Gasteiger partial charge on any atom is 0.206 e. The van der Waals surface area contributed by atoms with E-state index in [0.717, 1.165) is 37.7 Å². The first-order chi connectivity index (χ1) is 13.5. The van der Waals surface area contributed by atoms with Gasteiger partial charge in [-0.05, 0) is 48.7 Å². The molecule has 0 aliphatic heterocycles. The minimum absolute atomic E-state index is 0.115. The van der Waals surface area contributed by atoms with Crippen LogP contribution in [0, 0.1) is 6.92 Å². The van der Waals surface area contributed by atoms with Crippen molar-refractivity contribution < 1.29 is 0 Å². The lowest BCUT2D eigenvalue weighted by molar-refractivity contribution is 0.698. The van der Waals surface area contributed by atoms with Crippen molar-refractivity contribution in [1.82, 2.24) is 20.4 Å². The van der Waals surface area contributed by atoms with E-state index in [1.54, 1.807) is 6.07 Å². The zero-order chi connectivity index (χ0) is 19.7. The van der Waals surface area contributed by atoms with E-state index < -0.39 is 0 Å². The van der Waals surface area contributed by atoms with Gasteiger partial charge in [-0.15, -0.1) is 10.2 Å². The van der Waals surface area contributed by atoms with Gasteiger partial charge in [0.25, 0.3) is 0 Å². The van der Waals surface area contributed by atoms with Gasteiger partial charge in [-0.25, -0.2) is 0 Å². The standard InChI is InChI=1S/C19H18Cl2N6S/c1-10-4-12(5-13-8-24-25-17(10)13)18-26-27-19(28-18)23-9-15(22)6-11-2-3-14(20)7-16(11)21/h2-5,7-8,15H,6,9,22H2,1H3,(H,23,27)(H,24,25)/t15-/m1/s1. The summed E-state index contributed by atoms with van der Waals surface area (Å²) in [6.45, 7) is 2.61. The summed E-state index contributed by atoms with van der Waals surface area (Å²) < 4.78 is 0. The zero-order valence-electron chi connectivity index (χ0n) is 15.0. The van der Waals surface area contributed by atoms with Crippen molar-refractivity contribution >= 4 is 50.6 Å². The van der Waals surface area contributed by atoms with Crippen LogP contribution in [-0.2, 0) is 6.42 Å². The van der Waals surface area contributed by atoms with Crippen LogP contribution in [0.4, 0.5) is 5.13 Å². The smallest absolute Gasteiger partial charge is 0.206 e. The minimum atomic E-state index is -0.115. The molecule has 0 amide bonds. The number of hydrogen-bond acceptors (Lipinski definition) is 6. The van der Waals surface area contributed by atoms with E-state index in [1.165, 1.54) is 11.3 Å². The van der Waals surface area contributed by atoms with Crippen molar-refractivity contribution in [3.63, 3.8) is 0 Å². The molecule has 4 N–H and O–H groups in total. The molecule has 0 aliphatic rings. The number of nitrogens with zero attached hydrogens (tertiary/aromatic N) is 3. The van der Waals surface area contributed by atoms with E-state index in [1.807, 2.05) is 25.3 Å². The van der Waals surface area contributed by atoms with Gasteiger partial charge >= 0.3 is 0 Å². The predicted molar refractivity (Wildman–Crippen MR) is 116 cm³/mol. The third kappa shape index (κ3) is 4.12. The first-order valence-electron chi connectivity index (χ1n) is 8.70. The van der Waals surface area contributed by atoms with E-state index in [9.17, 15) is 0 Å². The summed E-state index contributed by atoms with van der Waals surface area (Å²) in [4.78, 5) is 0. The average molecular weight is 433 g/mol. The summed E-state index contributed by atoms with van der Waals surface area (Å²) >= 11 is 13.7. The van der Waals surface area contributed by atoms with Crippen molar-refractivity contribution in [2.75, 3.05) is 11.9 Å². The number of aromatic nitrogens is 4. The number of benzene rings is 2. The van der Waals surface area contributed by atoms with E-state index in [0.29, 0.717) is 23.0 Å². The number of halogens is 2. The zero-order valence-corrected chi connectivity index (χ0v) is 17.4. The molecule has 28 heavy (non-hydrogen) atoms. The fraction of sp³-hybridized carbons (Fsp3) is 0.211. The van der Waals surface area contributed by atoms with E-state index in [2.05, 4.69) is 37.8 Å². The Morgan fingerprint density at radius 1 is 1.21 bits per heavy atom. The molecule has 0 aliphatic carbocycles. The molecule has 0 saturated heterocycles. The molecule has 2 aromatic carbocycles. The highest BCUT2D eigenvalue weighted by molar-refractivity contribution is 7.18. The van der Waals surface area contributed by atoms with Gasteiger partial charge in [-0.1, -0.05) is 40.6 Å². The second kappa shape index (κ2) is 8.05. The largest absolute Gasteiger partial charge is 0.359 e. The predicted octanol–water partition coefficient (Wildman–Crippen LogP) is 4.68. The van der Waals surface area contributed by atoms with Gasteiger partial charge in [0.05, 0.1) is 11.7 Å². The lowest BCUT2D eigenvalue weighted by Crippen LogP contribution is -2.31. The lowest BCUT2D eigenvalue weighted by atomic mass is 10.1. The summed E-state index contributed by atoms with van der Waals surface area (Å²) in [5.74, 6) is 0. The van der Waals surface area contributed by atoms with Crippen LogP contribution in [0.2, 0.25) is 10.0 Å². The summed E-state index contributed by atoms with van der Waals surface area (Å²) in [7, 11) is 0. The molecule has 1 atom stereocenters. The second-order valence-corrected chi connectivity index (χ2v) is 8.44. The third-order valence-corrected chi connectivity index (χ3v) is 5.95. The number of H-pyrrole nitrogens is 1. The molecule has 4 aromatic rings. The Balaban J connectivity index is 1.41. The number of rotatable bonds is 6. The molecule has 0 bridgehead atoms. The minimum Gasteiger partial charge on any atom is -0.359 e. The number of aromatic amines is 1. The maximum atomic E-state index is 6.24. The van der Waals surface area contributed by atoms with Crippen LogP contribution in [0.5, 0.6) is 0 Å². The maximum absolute atomic E-state index is 6.24. The molecule has 0 saturated carbocycles. The number of nitrogens with two attached hydrogens (primary N) is 1. The van der Waals surface area contributed by atoms with E-state index in [-0.39, 0.29) is 6.04 Å². The summed E-state index contributed by atoms with van der Waals surface area (Å²) in [6, 6.07) is 9.48. The SMILES string of the molecule is Cc1cc(-c2nnc(NC[C@H](N)Cc3ccc(Cl)cc3Cl)s2)cc2cn[nH]c12. The van der Waals surface area contributed by atoms with Crippen LogP contribution in [0.1, 0.15) is 11.1 Å². The highest BCUT2D eigenvalue weighted by Crippen LogP contribution is 2.30. The van der Waals surface area contributed by atoms with Crippen LogP contribution in [0.15, 0.2) is 36.5 Å². The molecule has 2 aromatic heterocycles. The van der Waals surface area contributed by atoms with Gasteiger partial charge in [0.15, 0.2) is 0 Å². The van der Waals surface area contributed by atoms with Gasteiger partial charge in [0, 0.05) is 33.6 Å². The van der Waals surface area contributed by atoms with Gasteiger partial charge in [0.1, 0.15) is 5.01 Å². The number of fused-ring (bicyclic) bond motifs is 1. The molecular weight excluding hydrogens is 415 g/mol. The first-order valence-corrected chi connectivity index (χ1v) is 10.3. The average Bonchev–Trinajstić information content (AvgIpc) is 3.31. The molecule has 0 unspecified atom stereocenters. The van der Waals surface area contributed by atoms with Gasteiger partial charge in [-0.2, -0.15) is 5.10 Å². The van der Waals surface area contributed by atoms with Crippen LogP contribution in [0.3, 0.4) is 0 Å². The molecule has 0 radical (unpaired) electrons. The normalized spacial score (nSPS) is 12.4.